The first-order chi connectivity index (χ1) is 43.9. The molecule has 2 aliphatic heterocycles. The second-order valence-electron chi connectivity index (χ2n) is 36.4. The van der Waals surface area contributed by atoms with E-state index in [2.05, 4.69) is 337 Å². The second kappa shape index (κ2) is 20.0. The van der Waals surface area contributed by atoms with Crippen LogP contribution >= 0.6 is 0 Å². The van der Waals surface area contributed by atoms with Crippen molar-refractivity contribution >= 4 is 74.3 Å². The monoisotopic (exact) mass is 1240 g/mol. The minimum absolute atomic E-state index is 0.0160. The Morgan fingerprint density at radius 3 is 0.926 bits per heavy atom. The van der Waals surface area contributed by atoms with E-state index in [1.165, 1.54) is 128 Å². The van der Waals surface area contributed by atoms with Crippen LogP contribution in [0.5, 0.6) is 0 Å². The zero-order valence-electron chi connectivity index (χ0n) is 60.9. The molecule has 4 aliphatic carbocycles. The average molecular weight is 1240 g/mol. The Labute approximate surface area is 565 Å². The maximum absolute atomic E-state index is 2.77. The summed E-state index contributed by atoms with van der Waals surface area (Å²) in [5.41, 5.74) is 33.6. The molecule has 0 radical (unpaired) electrons. The number of hydrogen-bond donors (Lipinski definition) is 0. The lowest BCUT2D eigenvalue weighted by Crippen LogP contribution is -2.62. The summed E-state index contributed by atoms with van der Waals surface area (Å²) in [6, 6.07) is 69.2. The Bertz CT molecular complexity index is 4350. The van der Waals surface area contributed by atoms with E-state index in [9.17, 15) is 0 Å². The smallest absolute Gasteiger partial charge is 0.252 e. The van der Waals surface area contributed by atoms with Gasteiger partial charge >= 0.3 is 0 Å². The van der Waals surface area contributed by atoms with Crippen LogP contribution in [0.25, 0.3) is 0 Å². The molecule has 0 fully saturated rings. The second-order valence-corrected chi connectivity index (χ2v) is 36.4. The van der Waals surface area contributed by atoms with Crippen LogP contribution in [0.1, 0.15) is 256 Å². The third-order valence-electron chi connectivity index (χ3n) is 25.0. The van der Waals surface area contributed by atoms with E-state index in [1.54, 1.807) is 0 Å². The maximum atomic E-state index is 2.77. The Hall–Kier alpha value is -7.56. The van der Waals surface area contributed by atoms with Crippen molar-refractivity contribution in [1.29, 1.82) is 0 Å². The van der Waals surface area contributed by atoms with Gasteiger partial charge in [-0.2, -0.15) is 0 Å². The van der Waals surface area contributed by atoms with Crippen LogP contribution in [0.4, 0.5) is 51.2 Å². The summed E-state index contributed by atoms with van der Waals surface area (Å²) in [4.78, 5) is 8.11. The summed E-state index contributed by atoms with van der Waals surface area (Å²) in [6.45, 7) is 53.7. The summed E-state index contributed by atoms with van der Waals surface area (Å²) in [7, 11) is 0. The number of nitrogens with zero attached hydrogens (tertiary/aromatic N) is 3. The summed E-state index contributed by atoms with van der Waals surface area (Å²) in [6.07, 6.45) is 4.59. The SMILES string of the molecule is CC(C)(C)c1ccc(N(c2ccc(C(C)(C)C)cc2)c2cc3c4c(c2)N(c2ccc5c(c2)C(C)(C)CCC5(C)C)c2cc5c(cc2B4c2cc4c(cc2N3c2ccc3c(c2)C(C)(C)CCC3(C)C)C(C)(C)c2ccccc2C4(C)C)C(C)(C)c2ccccc2C5(C)C)cc1. The Kier molecular flexibility index (Phi) is 13.3. The fraction of sp³-hybridized carbons (Fsp3) is 0.400. The van der Waals surface area contributed by atoms with Gasteiger partial charge in [0.05, 0.1) is 5.69 Å². The molecule has 0 atom stereocenters. The molecular weight excluding hydrogens is 1130 g/mol. The Balaban J connectivity index is 1.13. The lowest BCUT2D eigenvalue weighted by atomic mass is 9.32. The van der Waals surface area contributed by atoms with Crippen LogP contribution in [0.2, 0.25) is 0 Å². The van der Waals surface area contributed by atoms with Crippen molar-refractivity contribution in [2.24, 2.45) is 0 Å². The molecule has 480 valence electrons. The Morgan fingerprint density at radius 1 is 0.298 bits per heavy atom. The highest BCUT2D eigenvalue weighted by Gasteiger charge is 2.52. The van der Waals surface area contributed by atoms with Gasteiger partial charge in [-0.05, 0) is 225 Å². The number of anilines is 9. The molecule has 0 bridgehead atoms. The van der Waals surface area contributed by atoms with Crippen molar-refractivity contribution in [2.45, 2.75) is 232 Å². The van der Waals surface area contributed by atoms with E-state index in [0.717, 1.165) is 42.7 Å². The van der Waals surface area contributed by atoms with Gasteiger partial charge in [-0.25, -0.2) is 0 Å². The van der Waals surface area contributed by atoms with Crippen molar-refractivity contribution in [1.82, 2.24) is 0 Å². The zero-order chi connectivity index (χ0) is 66.9. The topological polar surface area (TPSA) is 9.72 Å². The van der Waals surface area contributed by atoms with Crippen molar-refractivity contribution in [3.8, 4) is 0 Å². The van der Waals surface area contributed by atoms with Gasteiger partial charge in [0.1, 0.15) is 0 Å². The minimum atomic E-state index is -0.287. The zero-order valence-corrected chi connectivity index (χ0v) is 60.9. The molecule has 3 nitrogen and oxygen atoms in total. The van der Waals surface area contributed by atoms with E-state index >= 15 is 0 Å². The number of rotatable bonds is 5. The number of fused-ring (bicyclic) bond motifs is 10. The van der Waals surface area contributed by atoms with Gasteiger partial charge in [-0.1, -0.05) is 249 Å². The number of hydrogen-bond acceptors (Lipinski definition) is 3. The van der Waals surface area contributed by atoms with Gasteiger partial charge in [-0.15, -0.1) is 0 Å². The van der Waals surface area contributed by atoms with E-state index in [0.29, 0.717) is 0 Å². The molecule has 0 spiro atoms. The fourth-order valence-corrected chi connectivity index (χ4v) is 18.7. The molecule has 15 rings (SSSR count). The summed E-state index contributed by atoms with van der Waals surface area (Å²) < 4.78 is 0. The first-order valence-electron chi connectivity index (χ1n) is 35.5. The molecule has 2 heterocycles. The fourth-order valence-electron chi connectivity index (χ4n) is 18.7. The average Bonchev–Trinajstić information content (AvgIpc) is 0.678. The molecule has 9 aromatic carbocycles. The Morgan fingerprint density at radius 2 is 0.606 bits per heavy atom. The van der Waals surface area contributed by atoms with Crippen LogP contribution in [-0.4, -0.2) is 6.71 Å². The van der Waals surface area contributed by atoms with Gasteiger partial charge < -0.3 is 14.7 Å². The van der Waals surface area contributed by atoms with Crippen molar-refractivity contribution < 1.29 is 0 Å². The lowest BCUT2D eigenvalue weighted by Gasteiger charge is -2.50. The van der Waals surface area contributed by atoms with Gasteiger partial charge in [0.2, 0.25) is 0 Å². The molecule has 0 amide bonds. The van der Waals surface area contributed by atoms with Crippen LogP contribution in [-0.2, 0) is 54.1 Å². The molecule has 4 heteroatoms. The highest BCUT2D eigenvalue weighted by molar-refractivity contribution is 7.00. The summed E-state index contributed by atoms with van der Waals surface area (Å²) in [5.74, 6) is 0. The van der Waals surface area contributed by atoms with E-state index in [4.69, 9.17) is 0 Å². The van der Waals surface area contributed by atoms with E-state index < -0.39 is 0 Å². The van der Waals surface area contributed by atoms with Gasteiger partial charge in [0.25, 0.3) is 6.71 Å². The maximum Gasteiger partial charge on any atom is 0.252 e. The van der Waals surface area contributed by atoms with Gasteiger partial charge in [-0.3, -0.25) is 0 Å². The van der Waals surface area contributed by atoms with Crippen LogP contribution in [0.3, 0.4) is 0 Å². The lowest BCUT2D eigenvalue weighted by molar-refractivity contribution is 0.332. The quantitative estimate of drug-likeness (QED) is 0.159. The van der Waals surface area contributed by atoms with Gasteiger partial charge in [0.15, 0.2) is 0 Å². The third kappa shape index (κ3) is 9.08. The molecule has 0 unspecified atom stereocenters. The predicted octanol–water partition coefficient (Wildman–Crippen LogP) is 22.5. The van der Waals surface area contributed by atoms with Gasteiger partial charge in [0, 0.05) is 67.2 Å². The largest absolute Gasteiger partial charge is 0.311 e. The highest BCUT2D eigenvalue weighted by Crippen LogP contribution is 2.58. The van der Waals surface area contributed by atoms with Crippen molar-refractivity contribution in [2.75, 3.05) is 14.7 Å². The van der Waals surface area contributed by atoms with Crippen LogP contribution in [0.15, 0.2) is 170 Å². The van der Waals surface area contributed by atoms with Crippen LogP contribution < -0.4 is 31.1 Å². The predicted molar refractivity (Wildman–Crippen MR) is 405 cm³/mol. The number of benzene rings is 9. The molecule has 0 saturated carbocycles. The summed E-state index contributed by atoms with van der Waals surface area (Å²) in [5, 5.41) is 0. The van der Waals surface area contributed by atoms with E-state index in [-0.39, 0.29) is 60.9 Å². The van der Waals surface area contributed by atoms with Crippen molar-refractivity contribution in [3.63, 3.8) is 0 Å². The van der Waals surface area contributed by atoms with E-state index in [1.807, 2.05) is 0 Å². The third-order valence-corrected chi connectivity index (χ3v) is 25.0. The minimum Gasteiger partial charge on any atom is -0.311 e. The molecule has 0 N–H and O–H groups in total. The first-order valence-corrected chi connectivity index (χ1v) is 35.5. The standard InChI is InChI=1S/C90H102BN3/c1-81(2,3)55-31-35-57(36-32-55)92(58-37-33-56(34-38-58)82(4,5)6)61-49-78-80-79(50-61)94(60-40-42-63-69(48-60)86(13,14)46-44-84(63,9)10)77-54-73-71(88(17,18)65-28-24-26-30-67(65)90(73,21)22)52-75(77)91(80)74-51-70-72(89(19,20)66-29-25-23-27-64(66)87(70,15)16)53-76(74)93(78)59-39-41-62-68(47-59)85(11,12)45-43-83(62,7)8/h23-42,47-54H,43-46H2,1-22H3. The molecular formula is C90H102BN3. The molecule has 9 aromatic rings. The summed E-state index contributed by atoms with van der Waals surface area (Å²) >= 11 is 0. The first kappa shape index (κ1) is 62.6. The molecule has 94 heavy (non-hydrogen) atoms. The molecule has 6 aliphatic rings. The molecule has 0 aromatic heterocycles. The highest BCUT2D eigenvalue weighted by atomic mass is 15.2. The van der Waals surface area contributed by atoms with Crippen LogP contribution in [0, 0.1) is 0 Å². The molecule has 0 saturated heterocycles. The normalized spacial score (nSPS) is 19.6. The van der Waals surface area contributed by atoms with Crippen molar-refractivity contribution in [3.05, 3.63) is 248 Å².